The summed E-state index contributed by atoms with van der Waals surface area (Å²) in [5, 5.41) is 0.534. The molecule has 0 fully saturated rings. The first kappa shape index (κ1) is 13.7. The average Bonchev–Trinajstić information content (AvgIpc) is 2.01. The van der Waals surface area contributed by atoms with Crippen molar-refractivity contribution < 1.29 is 9.53 Å². The van der Waals surface area contributed by atoms with E-state index < -0.39 is 9.20 Å². The third-order valence-electron chi connectivity index (χ3n) is 1.20. The van der Waals surface area contributed by atoms with Crippen LogP contribution < -0.4 is 0 Å². The van der Waals surface area contributed by atoms with Crippen LogP contribution in [0.5, 0.6) is 0 Å². The molecule has 0 aliphatic rings. The highest BCUT2D eigenvalue weighted by atomic mass is 79.9. The summed E-state index contributed by atoms with van der Waals surface area (Å²) in [7, 11) is 0. The molecule has 0 N–H and O–H groups in total. The summed E-state index contributed by atoms with van der Waals surface area (Å²) in [6.45, 7) is 7.24. The molecule has 0 aromatic rings. The van der Waals surface area contributed by atoms with Crippen molar-refractivity contribution in [3.8, 4) is 0 Å². The van der Waals surface area contributed by atoms with Gasteiger partial charge in [0.05, 0.1) is 11.7 Å². The molecule has 2 nitrogen and oxygen atoms in total. The molecule has 0 unspecified atom stereocenters. The van der Waals surface area contributed by atoms with E-state index in [1.54, 1.807) is 13.8 Å². The number of esters is 1. The maximum absolute atomic E-state index is 11.4. The number of hydrogen-bond acceptors (Lipinski definition) is 2. The molecule has 0 heterocycles. The second-order valence-electron chi connectivity index (χ2n) is 2.77. The Morgan fingerprint density at radius 1 is 1.54 bits per heavy atom. The third kappa shape index (κ3) is 4.61. The lowest BCUT2D eigenvalue weighted by molar-refractivity contribution is -0.142. The number of hydrogen-bond donors (Lipinski definition) is 0. The summed E-state index contributed by atoms with van der Waals surface area (Å²) in [6, 6.07) is 0. The zero-order chi connectivity index (χ0) is 10.6. The molecule has 0 bridgehead atoms. The Labute approximate surface area is 103 Å². The lowest BCUT2D eigenvalue weighted by atomic mass is 10.2. The predicted octanol–water partition coefficient (Wildman–Crippen LogP) is 3.38. The fourth-order valence-corrected chi connectivity index (χ4v) is 1.18. The van der Waals surface area contributed by atoms with Crippen LogP contribution in [0.25, 0.3) is 0 Å². The standard InChI is InChI=1S/C8H11Br3O2/c1-5(2)13-7(12)6(3)8(10,11)4-9/h5H,3-4H2,1-2H3. The van der Waals surface area contributed by atoms with Crippen LogP contribution in [0.2, 0.25) is 0 Å². The number of carbonyl (C=O) groups excluding carboxylic acids is 1. The van der Waals surface area contributed by atoms with E-state index in [0.717, 1.165) is 0 Å². The smallest absolute Gasteiger partial charge is 0.336 e. The fraction of sp³-hybridized carbons (Fsp3) is 0.625. The van der Waals surface area contributed by atoms with Crippen LogP contribution in [0, 0.1) is 0 Å². The first-order chi connectivity index (χ1) is 5.81. The Balaban J connectivity index is 4.35. The summed E-state index contributed by atoms with van der Waals surface area (Å²) < 4.78 is 4.36. The quantitative estimate of drug-likeness (QED) is 0.426. The van der Waals surface area contributed by atoms with E-state index in [9.17, 15) is 4.79 Å². The van der Waals surface area contributed by atoms with Crippen molar-refractivity contribution >= 4 is 53.8 Å². The molecule has 0 aromatic carbocycles. The van der Waals surface area contributed by atoms with E-state index in [1.165, 1.54) is 0 Å². The lowest BCUT2D eigenvalue weighted by Gasteiger charge is -2.19. The van der Waals surface area contributed by atoms with Crippen molar-refractivity contribution in [2.75, 3.05) is 5.33 Å². The van der Waals surface area contributed by atoms with Crippen LogP contribution >= 0.6 is 47.8 Å². The van der Waals surface area contributed by atoms with E-state index in [2.05, 4.69) is 54.4 Å². The topological polar surface area (TPSA) is 26.3 Å². The molecule has 76 valence electrons. The zero-order valence-electron chi connectivity index (χ0n) is 7.44. The Morgan fingerprint density at radius 2 is 2.00 bits per heavy atom. The second-order valence-corrected chi connectivity index (χ2v) is 7.10. The van der Waals surface area contributed by atoms with E-state index in [-0.39, 0.29) is 6.10 Å². The largest absolute Gasteiger partial charge is 0.460 e. The van der Waals surface area contributed by atoms with Gasteiger partial charge < -0.3 is 4.74 Å². The summed E-state index contributed by atoms with van der Waals surface area (Å²) >= 11 is 9.86. The van der Waals surface area contributed by atoms with Crippen LogP contribution in [-0.2, 0) is 9.53 Å². The Kier molecular flexibility index (Phi) is 5.79. The predicted molar refractivity (Wildman–Crippen MR) is 64.7 cm³/mol. The fourth-order valence-electron chi connectivity index (χ4n) is 0.515. The van der Waals surface area contributed by atoms with Gasteiger partial charge in [-0.3, -0.25) is 0 Å². The number of alkyl halides is 3. The summed E-state index contributed by atoms with van der Waals surface area (Å²) in [5.41, 5.74) is 0.345. The van der Waals surface area contributed by atoms with Gasteiger partial charge in [-0.25, -0.2) is 4.79 Å². The number of ether oxygens (including phenoxy) is 1. The number of carbonyl (C=O) groups is 1. The lowest BCUT2D eigenvalue weighted by Crippen LogP contribution is -2.25. The van der Waals surface area contributed by atoms with E-state index in [4.69, 9.17) is 4.74 Å². The first-order valence-corrected chi connectivity index (χ1v) is 6.36. The summed E-state index contributed by atoms with van der Waals surface area (Å²) in [5.74, 6) is -0.400. The Hall–Kier alpha value is 0.650. The van der Waals surface area contributed by atoms with Gasteiger partial charge in [0.15, 0.2) is 0 Å². The van der Waals surface area contributed by atoms with E-state index in [1.807, 2.05) is 0 Å². The maximum atomic E-state index is 11.4. The van der Waals surface area contributed by atoms with Crippen molar-refractivity contribution in [3.05, 3.63) is 12.2 Å². The van der Waals surface area contributed by atoms with Gasteiger partial charge in [-0.15, -0.1) is 0 Å². The van der Waals surface area contributed by atoms with Gasteiger partial charge in [0, 0.05) is 5.33 Å². The normalized spacial score (nSPS) is 11.5. The molecule has 13 heavy (non-hydrogen) atoms. The van der Waals surface area contributed by atoms with Gasteiger partial charge in [0.1, 0.15) is 3.23 Å². The average molecular weight is 379 g/mol. The molecule has 5 heteroatoms. The highest BCUT2D eigenvalue weighted by Gasteiger charge is 2.31. The molecule has 0 amide bonds. The molecule has 0 rings (SSSR count). The van der Waals surface area contributed by atoms with Crippen LogP contribution in [0.3, 0.4) is 0 Å². The van der Waals surface area contributed by atoms with Gasteiger partial charge in [-0.2, -0.15) is 0 Å². The zero-order valence-corrected chi connectivity index (χ0v) is 12.2. The summed E-state index contributed by atoms with van der Waals surface area (Å²) in [6.07, 6.45) is -0.129. The minimum absolute atomic E-state index is 0.129. The monoisotopic (exact) mass is 376 g/mol. The summed E-state index contributed by atoms with van der Waals surface area (Å²) in [4.78, 5) is 11.4. The Morgan fingerprint density at radius 3 is 2.31 bits per heavy atom. The van der Waals surface area contributed by atoms with E-state index in [0.29, 0.717) is 10.9 Å². The minimum Gasteiger partial charge on any atom is -0.460 e. The molecule has 0 saturated carbocycles. The van der Waals surface area contributed by atoms with Gasteiger partial charge >= 0.3 is 5.97 Å². The van der Waals surface area contributed by atoms with Crippen molar-refractivity contribution in [1.29, 1.82) is 0 Å². The minimum atomic E-state index is -0.619. The molecule has 0 aliphatic carbocycles. The van der Waals surface area contributed by atoms with Crippen LogP contribution in [0.1, 0.15) is 13.8 Å². The van der Waals surface area contributed by atoms with Gasteiger partial charge in [-0.1, -0.05) is 54.4 Å². The van der Waals surface area contributed by atoms with Gasteiger partial charge in [0.2, 0.25) is 0 Å². The van der Waals surface area contributed by atoms with Crippen LogP contribution in [0.15, 0.2) is 12.2 Å². The highest BCUT2D eigenvalue weighted by molar-refractivity contribution is 9.26. The maximum Gasteiger partial charge on any atom is 0.336 e. The van der Waals surface area contributed by atoms with Gasteiger partial charge in [0.25, 0.3) is 0 Å². The van der Waals surface area contributed by atoms with Crippen molar-refractivity contribution in [2.24, 2.45) is 0 Å². The number of halogens is 3. The molecular weight excluding hydrogens is 368 g/mol. The second kappa shape index (κ2) is 5.51. The molecule has 0 aliphatic heterocycles. The molecule has 0 atom stereocenters. The number of rotatable bonds is 4. The Bertz CT molecular complexity index is 211. The molecular formula is C8H11Br3O2. The molecule has 0 aromatic heterocycles. The van der Waals surface area contributed by atoms with Crippen LogP contribution in [0.4, 0.5) is 0 Å². The van der Waals surface area contributed by atoms with Crippen molar-refractivity contribution in [2.45, 2.75) is 23.2 Å². The third-order valence-corrected chi connectivity index (χ3v) is 5.06. The molecule has 0 saturated heterocycles. The van der Waals surface area contributed by atoms with Gasteiger partial charge in [-0.05, 0) is 13.8 Å². The van der Waals surface area contributed by atoms with Crippen molar-refractivity contribution in [1.82, 2.24) is 0 Å². The highest BCUT2D eigenvalue weighted by Crippen LogP contribution is 2.36. The SMILES string of the molecule is C=C(C(=O)OC(C)C)C(Br)(Br)CBr. The molecule has 0 radical (unpaired) electrons. The van der Waals surface area contributed by atoms with E-state index >= 15 is 0 Å². The molecule has 0 spiro atoms. The van der Waals surface area contributed by atoms with Crippen LogP contribution in [-0.4, -0.2) is 20.6 Å². The first-order valence-electron chi connectivity index (χ1n) is 3.65. The van der Waals surface area contributed by atoms with Crippen molar-refractivity contribution in [3.63, 3.8) is 0 Å².